The van der Waals surface area contributed by atoms with E-state index in [9.17, 15) is 4.79 Å². The van der Waals surface area contributed by atoms with Crippen LogP contribution < -0.4 is 0 Å². The van der Waals surface area contributed by atoms with Crippen LogP contribution in [0.4, 0.5) is 0 Å². The molecule has 0 spiro atoms. The molecule has 1 rings (SSSR count). The quantitative estimate of drug-likeness (QED) is 0.465. The molecule has 0 saturated heterocycles. The molecule has 1 aromatic rings. The second-order valence-corrected chi connectivity index (χ2v) is 11.7. The SMILES string of the molecule is C=C(O[Si](C)(C)C)c1csc(C(=O)OC(C)(C)C)c1. The molecule has 106 valence electrons. The number of hydrogen-bond donors (Lipinski definition) is 0. The Morgan fingerprint density at radius 3 is 2.37 bits per heavy atom. The Balaban J connectivity index is 2.77. The first kappa shape index (κ1) is 16.0. The van der Waals surface area contributed by atoms with E-state index in [0.29, 0.717) is 10.6 Å². The molecule has 0 fully saturated rings. The number of ether oxygens (including phenoxy) is 1. The summed E-state index contributed by atoms with van der Waals surface area (Å²) in [5.74, 6) is 0.328. The summed E-state index contributed by atoms with van der Waals surface area (Å²) in [5.41, 5.74) is 0.376. The minimum absolute atomic E-state index is 0.301. The summed E-state index contributed by atoms with van der Waals surface area (Å²) in [6.07, 6.45) is 0. The molecule has 0 unspecified atom stereocenters. The Kier molecular flexibility index (Phi) is 4.63. The van der Waals surface area contributed by atoms with E-state index in [1.807, 2.05) is 26.2 Å². The van der Waals surface area contributed by atoms with Gasteiger partial charge in [-0.05, 0) is 46.5 Å². The number of esters is 1. The van der Waals surface area contributed by atoms with Crippen LogP contribution in [-0.4, -0.2) is 19.9 Å². The molecule has 3 nitrogen and oxygen atoms in total. The molecule has 5 heteroatoms. The largest absolute Gasteiger partial charge is 0.544 e. The van der Waals surface area contributed by atoms with Gasteiger partial charge in [-0.1, -0.05) is 6.58 Å². The van der Waals surface area contributed by atoms with Crippen molar-refractivity contribution in [1.82, 2.24) is 0 Å². The van der Waals surface area contributed by atoms with E-state index in [1.165, 1.54) is 11.3 Å². The van der Waals surface area contributed by atoms with Crippen LogP contribution >= 0.6 is 11.3 Å². The van der Waals surface area contributed by atoms with Gasteiger partial charge in [-0.25, -0.2) is 4.79 Å². The van der Waals surface area contributed by atoms with Crippen molar-refractivity contribution < 1.29 is 14.0 Å². The van der Waals surface area contributed by atoms with Crippen LogP contribution in [0.5, 0.6) is 0 Å². The molecule has 0 N–H and O–H groups in total. The zero-order chi connectivity index (χ0) is 14.8. The highest BCUT2D eigenvalue weighted by Gasteiger charge is 2.21. The normalized spacial score (nSPS) is 12.1. The first-order valence-corrected chi connectivity index (χ1v) is 10.5. The number of hydrogen-bond acceptors (Lipinski definition) is 4. The van der Waals surface area contributed by atoms with Crippen LogP contribution in [0.2, 0.25) is 19.6 Å². The van der Waals surface area contributed by atoms with Crippen LogP contribution in [0, 0.1) is 0 Å². The highest BCUT2D eigenvalue weighted by atomic mass is 32.1. The van der Waals surface area contributed by atoms with Crippen LogP contribution in [0.15, 0.2) is 18.0 Å². The third-order valence-electron chi connectivity index (χ3n) is 1.95. The number of rotatable bonds is 4. The molecule has 0 aliphatic carbocycles. The number of carbonyl (C=O) groups is 1. The lowest BCUT2D eigenvalue weighted by atomic mass is 10.2. The van der Waals surface area contributed by atoms with Crippen molar-refractivity contribution in [2.75, 3.05) is 0 Å². The molecule has 0 atom stereocenters. The average Bonchev–Trinajstić information content (AvgIpc) is 2.60. The van der Waals surface area contributed by atoms with E-state index in [4.69, 9.17) is 9.16 Å². The zero-order valence-corrected chi connectivity index (χ0v) is 14.3. The molecule has 0 aliphatic rings. The van der Waals surface area contributed by atoms with E-state index < -0.39 is 13.9 Å². The van der Waals surface area contributed by atoms with Gasteiger partial charge in [-0.15, -0.1) is 11.3 Å². The molecule has 0 amide bonds. The van der Waals surface area contributed by atoms with Gasteiger partial charge in [0.2, 0.25) is 8.32 Å². The summed E-state index contributed by atoms with van der Waals surface area (Å²) in [6.45, 7) is 15.8. The average molecular weight is 298 g/mol. The first-order valence-electron chi connectivity index (χ1n) is 6.18. The van der Waals surface area contributed by atoms with Crippen LogP contribution in [0.3, 0.4) is 0 Å². The zero-order valence-electron chi connectivity index (χ0n) is 12.5. The van der Waals surface area contributed by atoms with Crippen molar-refractivity contribution in [3.05, 3.63) is 28.5 Å². The summed E-state index contributed by atoms with van der Waals surface area (Å²) in [5, 5.41) is 1.88. The second kappa shape index (κ2) is 5.51. The van der Waals surface area contributed by atoms with Crippen molar-refractivity contribution in [2.24, 2.45) is 0 Å². The minimum atomic E-state index is -1.67. The maximum atomic E-state index is 11.9. The summed E-state index contributed by atoms with van der Waals surface area (Å²) in [7, 11) is -1.67. The second-order valence-electron chi connectivity index (χ2n) is 6.34. The van der Waals surface area contributed by atoms with Crippen molar-refractivity contribution >= 4 is 31.4 Å². The standard InChI is InChI=1S/C14H22O3SSi/c1-10(17-19(5,6)7)11-8-12(18-9-11)13(15)16-14(2,3)4/h8-9H,1H2,2-7H3. The van der Waals surface area contributed by atoms with Crippen molar-refractivity contribution in [3.8, 4) is 0 Å². The summed E-state index contributed by atoms with van der Waals surface area (Å²) >= 11 is 1.35. The summed E-state index contributed by atoms with van der Waals surface area (Å²) in [6, 6.07) is 1.78. The molecule has 1 aromatic heterocycles. The van der Waals surface area contributed by atoms with Crippen LogP contribution in [0.1, 0.15) is 36.0 Å². The smallest absolute Gasteiger partial charge is 0.348 e. The highest BCUT2D eigenvalue weighted by molar-refractivity contribution is 7.12. The van der Waals surface area contributed by atoms with Crippen molar-refractivity contribution in [1.29, 1.82) is 0 Å². The van der Waals surface area contributed by atoms with Crippen LogP contribution in [0.25, 0.3) is 5.76 Å². The lowest BCUT2D eigenvalue weighted by Gasteiger charge is -2.20. The van der Waals surface area contributed by atoms with Gasteiger partial charge < -0.3 is 9.16 Å². The van der Waals surface area contributed by atoms with Gasteiger partial charge in [-0.3, -0.25) is 0 Å². The van der Waals surface area contributed by atoms with Crippen LogP contribution in [-0.2, 0) is 9.16 Å². The van der Waals surface area contributed by atoms with Crippen molar-refractivity contribution in [2.45, 2.75) is 46.0 Å². The van der Waals surface area contributed by atoms with Gasteiger partial charge in [0.05, 0.1) is 0 Å². The lowest BCUT2D eigenvalue weighted by Crippen LogP contribution is -2.24. The molecular weight excluding hydrogens is 276 g/mol. The fourth-order valence-electron chi connectivity index (χ4n) is 1.35. The third-order valence-corrected chi connectivity index (χ3v) is 3.72. The van der Waals surface area contributed by atoms with E-state index in [1.54, 1.807) is 6.07 Å². The molecule has 1 heterocycles. The van der Waals surface area contributed by atoms with Gasteiger partial charge in [0, 0.05) is 10.9 Å². The molecule has 0 aromatic carbocycles. The van der Waals surface area contributed by atoms with E-state index >= 15 is 0 Å². The Morgan fingerprint density at radius 2 is 1.89 bits per heavy atom. The van der Waals surface area contributed by atoms with Gasteiger partial charge >= 0.3 is 5.97 Å². The molecule has 0 radical (unpaired) electrons. The van der Waals surface area contributed by atoms with Gasteiger partial charge in [-0.2, -0.15) is 0 Å². The maximum absolute atomic E-state index is 11.9. The fraction of sp³-hybridized carbons (Fsp3) is 0.500. The van der Waals surface area contributed by atoms with Crippen molar-refractivity contribution in [3.63, 3.8) is 0 Å². The lowest BCUT2D eigenvalue weighted by molar-refractivity contribution is 0.00752. The van der Waals surface area contributed by atoms with Gasteiger partial charge in [0.25, 0.3) is 0 Å². The molecule has 0 saturated carbocycles. The summed E-state index contributed by atoms with van der Waals surface area (Å²) < 4.78 is 11.1. The molecule has 0 bridgehead atoms. The Bertz CT molecular complexity index is 435. The maximum Gasteiger partial charge on any atom is 0.348 e. The molecule has 19 heavy (non-hydrogen) atoms. The predicted molar refractivity (Wildman–Crippen MR) is 83.0 cm³/mol. The fourth-order valence-corrected chi connectivity index (χ4v) is 2.99. The highest BCUT2D eigenvalue weighted by Crippen LogP contribution is 2.26. The van der Waals surface area contributed by atoms with Gasteiger partial charge in [0.1, 0.15) is 16.2 Å². The predicted octanol–water partition coefficient (Wildman–Crippen LogP) is 4.53. The minimum Gasteiger partial charge on any atom is -0.544 e. The van der Waals surface area contributed by atoms with Gasteiger partial charge in [0.15, 0.2) is 0 Å². The van der Waals surface area contributed by atoms with E-state index in [0.717, 1.165) is 5.56 Å². The Morgan fingerprint density at radius 1 is 1.32 bits per heavy atom. The number of thiophene rings is 1. The Labute approximate surface area is 120 Å². The first-order chi connectivity index (χ1) is 8.48. The number of carbonyl (C=O) groups excluding carboxylic acids is 1. The topological polar surface area (TPSA) is 35.5 Å². The molecule has 0 aliphatic heterocycles. The monoisotopic (exact) mass is 298 g/mol. The van der Waals surface area contributed by atoms with E-state index in [2.05, 4.69) is 26.2 Å². The third kappa shape index (κ3) is 5.61. The summed E-state index contributed by atoms with van der Waals surface area (Å²) in [4.78, 5) is 12.5. The Hall–Kier alpha value is -1.07. The van der Waals surface area contributed by atoms with E-state index in [-0.39, 0.29) is 5.97 Å². The molecular formula is C14H22O3SSi.